The third-order valence-electron chi connectivity index (χ3n) is 5.72. The van der Waals surface area contributed by atoms with Crippen LogP contribution < -0.4 is 5.32 Å². The lowest BCUT2D eigenvalue weighted by Crippen LogP contribution is -2.44. The molecular weight excluding hydrogens is 505 g/mol. The summed E-state index contributed by atoms with van der Waals surface area (Å²) >= 11 is 3.19. The average molecular weight is 524 g/mol. The summed E-state index contributed by atoms with van der Waals surface area (Å²) in [4.78, 5) is 35.3. The van der Waals surface area contributed by atoms with Crippen molar-refractivity contribution >= 4 is 44.5 Å². The van der Waals surface area contributed by atoms with E-state index in [9.17, 15) is 14.0 Å². The van der Waals surface area contributed by atoms with E-state index in [1.165, 1.54) is 17.3 Å². The molecule has 2 atom stereocenters. The molecule has 0 radical (unpaired) electrons. The maximum atomic E-state index is 14.3. The van der Waals surface area contributed by atoms with Crippen molar-refractivity contribution < 1.29 is 14.0 Å². The third-order valence-corrected chi connectivity index (χ3v) is 6.11. The first-order valence-corrected chi connectivity index (χ1v) is 11.3. The molecule has 4 heterocycles. The van der Waals surface area contributed by atoms with E-state index in [2.05, 4.69) is 41.4 Å². The fourth-order valence-electron chi connectivity index (χ4n) is 4.14. The molecule has 1 saturated heterocycles. The summed E-state index contributed by atoms with van der Waals surface area (Å²) < 4.78 is 16.5. The zero-order valence-corrected chi connectivity index (χ0v) is 19.4. The Morgan fingerprint density at radius 3 is 2.79 bits per heavy atom. The number of nitrogens with zero attached hydrogens (tertiary/aromatic N) is 6. The Labute approximate surface area is 202 Å². The Morgan fingerprint density at radius 2 is 2.00 bits per heavy atom. The maximum Gasteiger partial charge on any atom is 0.248 e. The normalized spacial score (nSPS) is 17.8. The molecule has 34 heavy (non-hydrogen) atoms. The molecule has 0 spiro atoms. The van der Waals surface area contributed by atoms with Gasteiger partial charge < -0.3 is 14.8 Å². The molecule has 9 nitrogen and oxygen atoms in total. The largest absolute Gasteiger partial charge is 0.338 e. The summed E-state index contributed by atoms with van der Waals surface area (Å²) in [6.07, 6.45) is 6.67. The van der Waals surface area contributed by atoms with E-state index in [-0.39, 0.29) is 31.2 Å². The highest BCUT2D eigenvalue weighted by Gasteiger charge is 2.40. The van der Waals surface area contributed by atoms with E-state index in [0.717, 1.165) is 22.0 Å². The first kappa shape index (κ1) is 22.1. The van der Waals surface area contributed by atoms with E-state index >= 15 is 0 Å². The molecule has 3 aromatic heterocycles. The van der Waals surface area contributed by atoms with Crippen LogP contribution in [0.15, 0.2) is 65.9 Å². The first-order valence-electron chi connectivity index (χ1n) is 10.6. The van der Waals surface area contributed by atoms with Crippen molar-refractivity contribution in [2.75, 3.05) is 11.9 Å². The monoisotopic (exact) mass is 523 g/mol. The third kappa shape index (κ3) is 4.51. The van der Waals surface area contributed by atoms with Gasteiger partial charge in [0.1, 0.15) is 23.4 Å². The summed E-state index contributed by atoms with van der Waals surface area (Å²) in [5, 5.41) is 11.3. The van der Waals surface area contributed by atoms with E-state index in [4.69, 9.17) is 0 Å². The van der Waals surface area contributed by atoms with Gasteiger partial charge in [0.05, 0.1) is 31.3 Å². The molecule has 172 valence electrons. The van der Waals surface area contributed by atoms with Crippen molar-refractivity contribution in [3.63, 3.8) is 0 Å². The highest BCUT2D eigenvalue weighted by Crippen LogP contribution is 2.26. The van der Waals surface area contributed by atoms with Gasteiger partial charge in [0.25, 0.3) is 0 Å². The second-order valence-corrected chi connectivity index (χ2v) is 8.77. The van der Waals surface area contributed by atoms with E-state index < -0.39 is 18.1 Å². The van der Waals surface area contributed by atoms with Crippen LogP contribution >= 0.6 is 15.9 Å². The van der Waals surface area contributed by atoms with Crippen LogP contribution in [0.2, 0.25) is 0 Å². The van der Waals surface area contributed by atoms with E-state index in [1.807, 2.05) is 36.5 Å². The number of fused-ring (bicyclic) bond motifs is 1. The van der Waals surface area contributed by atoms with Crippen LogP contribution in [0.3, 0.4) is 0 Å². The number of nitrogens with one attached hydrogen (secondary N) is 1. The number of amides is 2. The smallest absolute Gasteiger partial charge is 0.248 e. The number of carbonyl (C=O) groups excluding carboxylic acids is 2. The average Bonchev–Trinajstić information content (AvgIpc) is 3.43. The standard InChI is InChI=1S/C23H19BrFN7O2/c24-20-10-26-11-21(29-20)30-23(34)19-8-17(25)12-32(19)22(33)13-31-6-4-15-7-14(1-2-18(15)31)16-3-5-27-28-9-16/h1-7,9-11,17,19H,8,12-13H2,(H,29,30,34). The van der Waals surface area contributed by atoms with Crippen molar-refractivity contribution in [1.82, 2.24) is 29.6 Å². The number of aromatic nitrogens is 5. The van der Waals surface area contributed by atoms with Crippen LogP contribution in [0.4, 0.5) is 10.2 Å². The number of likely N-dealkylation sites (tertiary alicyclic amines) is 1. The molecule has 1 aliphatic heterocycles. The van der Waals surface area contributed by atoms with Gasteiger partial charge in [-0.3, -0.25) is 14.6 Å². The van der Waals surface area contributed by atoms with Crippen LogP contribution in [0.25, 0.3) is 22.0 Å². The van der Waals surface area contributed by atoms with Gasteiger partial charge in [-0.15, -0.1) is 0 Å². The number of carbonyl (C=O) groups is 2. The first-order chi connectivity index (χ1) is 16.5. The van der Waals surface area contributed by atoms with Gasteiger partial charge in [0.2, 0.25) is 11.8 Å². The minimum absolute atomic E-state index is 0.00709. The van der Waals surface area contributed by atoms with Gasteiger partial charge in [-0.05, 0) is 45.8 Å². The molecule has 4 aromatic rings. The lowest BCUT2D eigenvalue weighted by molar-refractivity contribution is -0.137. The molecule has 11 heteroatoms. The number of anilines is 1. The summed E-state index contributed by atoms with van der Waals surface area (Å²) in [7, 11) is 0. The Kier molecular flexibility index (Phi) is 6.01. The highest BCUT2D eigenvalue weighted by molar-refractivity contribution is 9.10. The van der Waals surface area contributed by atoms with Gasteiger partial charge >= 0.3 is 0 Å². The van der Waals surface area contributed by atoms with Gasteiger partial charge in [0.15, 0.2) is 5.82 Å². The lowest BCUT2D eigenvalue weighted by Gasteiger charge is -2.24. The predicted molar refractivity (Wildman–Crippen MR) is 126 cm³/mol. The fourth-order valence-corrected chi connectivity index (χ4v) is 4.45. The minimum Gasteiger partial charge on any atom is -0.338 e. The van der Waals surface area contributed by atoms with Crippen LogP contribution in [0, 0.1) is 0 Å². The number of rotatable bonds is 5. The minimum atomic E-state index is -1.27. The number of hydrogen-bond acceptors (Lipinski definition) is 6. The molecule has 1 aliphatic rings. The molecule has 0 bridgehead atoms. The van der Waals surface area contributed by atoms with Crippen LogP contribution in [0.1, 0.15) is 6.42 Å². The Morgan fingerprint density at radius 1 is 1.12 bits per heavy atom. The summed E-state index contributed by atoms with van der Waals surface area (Å²) in [6.45, 7) is -0.133. The van der Waals surface area contributed by atoms with Crippen molar-refractivity contribution in [3.8, 4) is 11.1 Å². The molecule has 2 unspecified atom stereocenters. The Balaban J connectivity index is 1.33. The van der Waals surface area contributed by atoms with Gasteiger partial charge in [0, 0.05) is 29.1 Å². The second kappa shape index (κ2) is 9.26. The molecule has 1 fully saturated rings. The fraction of sp³-hybridized carbons (Fsp3) is 0.217. The maximum absolute atomic E-state index is 14.3. The van der Waals surface area contributed by atoms with Crippen molar-refractivity contribution in [2.24, 2.45) is 0 Å². The van der Waals surface area contributed by atoms with Crippen LogP contribution in [-0.2, 0) is 16.1 Å². The van der Waals surface area contributed by atoms with Crippen LogP contribution in [0.5, 0.6) is 0 Å². The summed E-state index contributed by atoms with van der Waals surface area (Å²) in [5.74, 6) is -0.597. The van der Waals surface area contributed by atoms with Crippen molar-refractivity contribution in [2.45, 2.75) is 25.2 Å². The molecule has 0 saturated carbocycles. The van der Waals surface area contributed by atoms with Crippen molar-refractivity contribution in [1.29, 1.82) is 0 Å². The number of hydrogen-bond donors (Lipinski definition) is 1. The lowest BCUT2D eigenvalue weighted by atomic mass is 10.1. The SMILES string of the molecule is O=C(Nc1cncc(Br)n1)C1CC(F)CN1C(=O)Cn1ccc2cc(-c3ccnnc3)ccc21. The Bertz CT molecular complexity index is 1360. The Hall–Kier alpha value is -3.73. The molecule has 1 aromatic carbocycles. The number of benzene rings is 1. The molecule has 2 amide bonds. The highest BCUT2D eigenvalue weighted by atomic mass is 79.9. The van der Waals surface area contributed by atoms with Crippen LogP contribution in [-0.4, -0.2) is 60.2 Å². The quantitative estimate of drug-likeness (QED) is 0.430. The van der Waals surface area contributed by atoms with Gasteiger partial charge in [-0.1, -0.05) is 6.07 Å². The molecule has 1 N–H and O–H groups in total. The summed E-state index contributed by atoms with van der Waals surface area (Å²) in [6, 6.07) is 8.75. The second-order valence-electron chi connectivity index (χ2n) is 7.96. The van der Waals surface area contributed by atoms with Crippen molar-refractivity contribution in [3.05, 3.63) is 65.9 Å². The number of halogens is 2. The molecule has 5 rings (SSSR count). The molecule has 0 aliphatic carbocycles. The van der Waals surface area contributed by atoms with E-state index in [0.29, 0.717) is 4.60 Å². The van der Waals surface area contributed by atoms with Gasteiger partial charge in [-0.25, -0.2) is 9.37 Å². The van der Waals surface area contributed by atoms with E-state index in [1.54, 1.807) is 17.0 Å². The predicted octanol–water partition coefficient (Wildman–Crippen LogP) is 3.23. The summed E-state index contributed by atoms with van der Waals surface area (Å²) in [5.41, 5.74) is 2.79. The number of alkyl halides is 1. The zero-order valence-electron chi connectivity index (χ0n) is 17.8. The topological polar surface area (TPSA) is 106 Å². The zero-order chi connectivity index (χ0) is 23.7. The van der Waals surface area contributed by atoms with Gasteiger partial charge in [-0.2, -0.15) is 10.2 Å². The molecular formula is C23H19BrFN7O2.